The van der Waals surface area contributed by atoms with E-state index in [9.17, 15) is 13.2 Å². The predicted molar refractivity (Wildman–Crippen MR) is 151 cm³/mol. The van der Waals surface area contributed by atoms with Crippen molar-refractivity contribution >= 4 is 15.5 Å². The first-order valence-electron chi connectivity index (χ1n) is 13.0. The van der Waals surface area contributed by atoms with E-state index in [0.29, 0.717) is 49.8 Å². The zero-order valence-electron chi connectivity index (χ0n) is 22.0. The van der Waals surface area contributed by atoms with Crippen LogP contribution in [0.5, 0.6) is 0 Å². The summed E-state index contributed by atoms with van der Waals surface area (Å²) in [7, 11) is -3.01. The maximum absolute atomic E-state index is 12.7. The van der Waals surface area contributed by atoms with Crippen LogP contribution in [0.25, 0.3) is 22.6 Å². The molecule has 0 spiro atoms. The molecule has 0 radical (unpaired) electrons. The SMILES string of the molecule is CC(C)c1ccc(-c2cc(-c3ccc(=O)n(Cc4cccc(N5CCC(S(C)(=O)=O)CC5)c4)c3)no2)cc1. The molecule has 2 aromatic carbocycles. The van der Waals surface area contributed by atoms with Crippen LogP contribution in [0.1, 0.15) is 43.7 Å². The van der Waals surface area contributed by atoms with Crippen molar-refractivity contribution in [1.29, 1.82) is 0 Å². The van der Waals surface area contributed by atoms with Gasteiger partial charge in [-0.25, -0.2) is 8.42 Å². The molecule has 1 aliphatic rings. The first-order chi connectivity index (χ1) is 18.2. The minimum Gasteiger partial charge on any atom is -0.371 e. The third-order valence-electron chi connectivity index (χ3n) is 7.33. The Bertz CT molecular complexity index is 1580. The molecule has 0 saturated carbocycles. The zero-order valence-corrected chi connectivity index (χ0v) is 22.8. The number of anilines is 1. The van der Waals surface area contributed by atoms with E-state index >= 15 is 0 Å². The highest BCUT2D eigenvalue weighted by Gasteiger charge is 2.26. The average Bonchev–Trinajstić information content (AvgIpc) is 3.40. The Kier molecular flexibility index (Phi) is 7.25. The van der Waals surface area contributed by atoms with Crippen molar-refractivity contribution in [3.05, 3.63) is 94.4 Å². The normalized spacial score (nSPS) is 14.8. The first kappa shape index (κ1) is 26.0. The maximum Gasteiger partial charge on any atom is 0.250 e. The summed E-state index contributed by atoms with van der Waals surface area (Å²) >= 11 is 0. The molecule has 7 nitrogen and oxygen atoms in total. The molecule has 38 heavy (non-hydrogen) atoms. The van der Waals surface area contributed by atoms with E-state index in [-0.39, 0.29) is 10.8 Å². The van der Waals surface area contributed by atoms with Gasteiger partial charge < -0.3 is 14.0 Å². The van der Waals surface area contributed by atoms with E-state index in [4.69, 9.17) is 4.52 Å². The molecule has 1 aliphatic heterocycles. The van der Waals surface area contributed by atoms with Crippen LogP contribution in [0.4, 0.5) is 5.69 Å². The fourth-order valence-corrected chi connectivity index (χ4v) is 6.04. The Hall–Kier alpha value is -3.65. The van der Waals surface area contributed by atoms with Gasteiger partial charge in [0.2, 0.25) is 0 Å². The van der Waals surface area contributed by atoms with Gasteiger partial charge in [0.05, 0.1) is 11.8 Å². The van der Waals surface area contributed by atoms with Crippen molar-refractivity contribution < 1.29 is 12.9 Å². The summed E-state index contributed by atoms with van der Waals surface area (Å²) in [5.74, 6) is 1.14. The second kappa shape index (κ2) is 10.6. The minimum absolute atomic E-state index is 0.0962. The third kappa shape index (κ3) is 5.75. The van der Waals surface area contributed by atoms with E-state index in [1.165, 1.54) is 11.8 Å². The Balaban J connectivity index is 1.32. The number of pyridine rings is 1. The van der Waals surface area contributed by atoms with Crippen LogP contribution in [0, 0.1) is 0 Å². The van der Waals surface area contributed by atoms with Gasteiger partial charge in [0.25, 0.3) is 5.56 Å². The fraction of sp³-hybridized carbons (Fsp3) is 0.333. The van der Waals surface area contributed by atoms with E-state index in [2.05, 4.69) is 42.1 Å². The Morgan fingerprint density at radius 1 is 0.974 bits per heavy atom. The number of aromatic nitrogens is 2. The molecule has 0 bridgehead atoms. The van der Waals surface area contributed by atoms with Gasteiger partial charge >= 0.3 is 0 Å². The minimum atomic E-state index is -3.01. The molecule has 2 aromatic heterocycles. The molecule has 1 saturated heterocycles. The number of nitrogens with zero attached hydrogens (tertiary/aromatic N) is 3. The van der Waals surface area contributed by atoms with Crippen LogP contribution in [0.2, 0.25) is 0 Å². The van der Waals surface area contributed by atoms with Crippen LogP contribution >= 0.6 is 0 Å². The van der Waals surface area contributed by atoms with Gasteiger partial charge in [0.1, 0.15) is 15.5 Å². The number of piperidine rings is 1. The van der Waals surface area contributed by atoms with Crippen molar-refractivity contribution in [1.82, 2.24) is 9.72 Å². The predicted octanol–water partition coefficient (Wildman–Crippen LogP) is 5.36. The van der Waals surface area contributed by atoms with Gasteiger partial charge in [-0.05, 0) is 48.1 Å². The molecule has 0 atom stereocenters. The van der Waals surface area contributed by atoms with Crippen molar-refractivity contribution in [2.45, 2.75) is 44.4 Å². The highest BCUT2D eigenvalue weighted by atomic mass is 32.2. The first-order valence-corrected chi connectivity index (χ1v) is 14.9. The summed E-state index contributed by atoms with van der Waals surface area (Å²) in [5, 5.41) is 3.99. The van der Waals surface area contributed by atoms with Crippen molar-refractivity contribution in [3.63, 3.8) is 0 Å². The van der Waals surface area contributed by atoms with Crippen LogP contribution in [0.15, 0.2) is 82.2 Å². The summed E-state index contributed by atoms with van der Waals surface area (Å²) < 4.78 is 31.1. The molecule has 5 rings (SSSR count). The molecule has 4 aromatic rings. The topological polar surface area (TPSA) is 85.4 Å². The molecule has 0 amide bonds. The zero-order chi connectivity index (χ0) is 26.9. The molecule has 0 aliphatic carbocycles. The van der Waals surface area contributed by atoms with Crippen molar-refractivity contribution in [3.8, 4) is 22.6 Å². The molecule has 0 N–H and O–H groups in total. The second-order valence-corrected chi connectivity index (χ2v) is 12.7. The number of rotatable bonds is 7. The summed E-state index contributed by atoms with van der Waals surface area (Å²) in [4.78, 5) is 14.9. The number of hydrogen-bond acceptors (Lipinski definition) is 6. The summed E-state index contributed by atoms with van der Waals surface area (Å²) in [6, 6.07) is 21.6. The van der Waals surface area contributed by atoms with Gasteiger partial charge in [-0.3, -0.25) is 4.79 Å². The highest BCUT2D eigenvalue weighted by molar-refractivity contribution is 7.91. The fourth-order valence-electron chi connectivity index (χ4n) is 4.98. The lowest BCUT2D eigenvalue weighted by molar-refractivity contribution is 0.435. The van der Waals surface area contributed by atoms with Gasteiger partial charge in [-0.2, -0.15) is 0 Å². The Morgan fingerprint density at radius 3 is 2.37 bits per heavy atom. The quantitative estimate of drug-likeness (QED) is 0.319. The van der Waals surface area contributed by atoms with E-state index in [0.717, 1.165) is 22.4 Å². The largest absolute Gasteiger partial charge is 0.371 e. The van der Waals surface area contributed by atoms with Gasteiger partial charge in [0, 0.05) is 54.5 Å². The molecular weight excluding hydrogens is 498 g/mol. The third-order valence-corrected chi connectivity index (χ3v) is 9.01. The van der Waals surface area contributed by atoms with E-state index in [1.54, 1.807) is 16.7 Å². The Morgan fingerprint density at radius 2 is 1.68 bits per heavy atom. The van der Waals surface area contributed by atoms with Crippen molar-refractivity contribution in [2.75, 3.05) is 24.2 Å². The number of sulfone groups is 1. The lowest BCUT2D eigenvalue weighted by Gasteiger charge is -2.33. The van der Waals surface area contributed by atoms with Crippen LogP contribution < -0.4 is 10.5 Å². The lowest BCUT2D eigenvalue weighted by atomic mass is 10.0. The highest BCUT2D eigenvalue weighted by Crippen LogP contribution is 2.28. The summed E-state index contributed by atoms with van der Waals surface area (Å²) in [6.07, 6.45) is 4.40. The van der Waals surface area contributed by atoms with E-state index in [1.807, 2.05) is 42.6 Å². The summed E-state index contributed by atoms with van der Waals surface area (Å²) in [6.45, 7) is 6.14. The molecular formula is C30H33N3O4S. The maximum atomic E-state index is 12.7. The monoisotopic (exact) mass is 531 g/mol. The lowest BCUT2D eigenvalue weighted by Crippen LogP contribution is -2.39. The van der Waals surface area contributed by atoms with Crippen LogP contribution in [-0.2, 0) is 16.4 Å². The molecule has 0 unspecified atom stereocenters. The number of benzene rings is 2. The smallest absolute Gasteiger partial charge is 0.250 e. The molecule has 198 valence electrons. The standard InChI is InChI=1S/C30H33N3O4S/c1-21(2)23-7-9-24(10-8-23)29-18-28(31-37-29)25-11-12-30(34)33(20-25)19-22-5-4-6-26(17-22)32-15-13-27(14-16-32)38(3,35)36/h4-12,17-18,20-21,27H,13-16,19H2,1-3H3. The second-order valence-electron chi connectivity index (χ2n) is 10.4. The van der Waals surface area contributed by atoms with Crippen LogP contribution in [0.3, 0.4) is 0 Å². The Labute approximate surface area is 223 Å². The van der Waals surface area contributed by atoms with Crippen LogP contribution in [-0.4, -0.2) is 42.7 Å². The van der Waals surface area contributed by atoms with E-state index < -0.39 is 9.84 Å². The average molecular weight is 532 g/mol. The summed E-state index contributed by atoms with van der Waals surface area (Å²) in [5.41, 5.74) is 5.64. The molecule has 3 heterocycles. The van der Waals surface area contributed by atoms with Gasteiger partial charge in [-0.15, -0.1) is 0 Å². The van der Waals surface area contributed by atoms with Gasteiger partial charge in [-0.1, -0.05) is 55.4 Å². The molecule has 8 heteroatoms. The molecule has 1 fully saturated rings. The van der Waals surface area contributed by atoms with Crippen molar-refractivity contribution in [2.24, 2.45) is 0 Å². The van der Waals surface area contributed by atoms with Gasteiger partial charge in [0.15, 0.2) is 5.76 Å². The number of hydrogen-bond donors (Lipinski definition) is 0.